The molecule has 0 unspecified atom stereocenters. The lowest BCUT2D eigenvalue weighted by Crippen LogP contribution is -2.33. The summed E-state index contributed by atoms with van der Waals surface area (Å²) in [7, 11) is 0. The minimum absolute atomic E-state index is 0.263. The van der Waals surface area contributed by atoms with Crippen LogP contribution in [0, 0.1) is 13.8 Å². The SMILES string of the molecule is Cc1cc(C)cc(CCC(=O)N[C@H](C(=O)O)c2ccccc2)c1. The number of rotatable bonds is 6. The van der Waals surface area contributed by atoms with Crippen LogP contribution in [0.3, 0.4) is 0 Å². The van der Waals surface area contributed by atoms with Crippen LogP contribution in [0.5, 0.6) is 0 Å². The number of benzene rings is 2. The number of carbonyl (C=O) groups is 2. The first-order valence-electron chi connectivity index (χ1n) is 7.60. The Kier molecular flexibility index (Phi) is 5.52. The Morgan fingerprint density at radius 1 is 1.04 bits per heavy atom. The van der Waals surface area contributed by atoms with Crippen LogP contribution in [-0.4, -0.2) is 17.0 Å². The lowest BCUT2D eigenvalue weighted by molar-refractivity contribution is -0.142. The summed E-state index contributed by atoms with van der Waals surface area (Å²) in [6, 6.07) is 13.9. The predicted octanol–water partition coefficient (Wildman–Crippen LogP) is 3.18. The van der Waals surface area contributed by atoms with Gasteiger partial charge in [0.15, 0.2) is 6.04 Å². The second-order valence-corrected chi connectivity index (χ2v) is 5.75. The third-order valence-electron chi connectivity index (χ3n) is 3.61. The lowest BCUT2D eigenvalue weighted by atomic mass is 10.0. The van der Waals surface area contributed by atoms with Gasteiger partial charge in [0, 0.05) is 6.42 Å². The van der Waals surface area contributed by atoms with Crippen molar-refractivity contribution in [2.45, 2.75) is 32.7 Å². The Balaban J connectivity index is 1.98. The zero-order chi connectivity index (χ0) is 16.8. The Labute approximate surface area is 136 Å². The highest BCUT2D eigenvalue weighted by molar-refractivity contribution is 5.84. The number of amides is 1. The van der Waals surface area contributed by atoms with Crippen molar-refractivity contribution in [3.8, 4) is 0 Å². The molecule has 120 valence electrons. The first kappa shape index (κ1) is 16.7. The van der Waals surface area contributed by atoms with E-state index < -0.39 is 12.0 Å². The van der Waals surface area contributed by atoms with E-state index in [1.54, 1.807) is 24.3 Å². The van der Waals surface area contributed by atoms with E-state index in [9.17, 15) is 14.7 Å². The molecule has 2 aromatic carbocycles. The standard InChI is InChI=1S/C19H21NO3/c1-13-10-14(2)12-15(11-13)8-9-17(21)20-18(19(22)23)16-6-4-3-5-7-16/h3-7,10-12,18H,8-9H2,1-2H3,(H,20,21)(H,22,23)/t18-/m0/s1. The van der Waals surface area contributed by atoms with Gasteiger partial charge in [-0.05, 0) is 31.4 Å². The maximum Gasteiger partial charge on any atom is 0.330 e. The zero-order valence-electron chi connectivity index (χ0n) is 13.4. The first-order chi connectivity index (χ1) is 11.0. The molecule has 2 aromatic rings. The molecule has 0 bridgehead atoms. The molecule has 0 aliphatic rings. The van der Waals surface area contributed by atoms with Crippen molar-refractivity contribution in [3.63, 3.8) is 0 Å². The Hall–Kier alpha value is -2.62. The number of hydrogen-bond donors (Lipinski definition) is 2. The number of hydrogen-bond acceptors (Lipinski definition) is 2. The van der Waals surface area contributed by atoms with E-state index in [0.717, 1.165) is 16.7 Å². The minimum atomic E-state index is -1.06. The van der Waals surface area contributed by atoms with Crippen molar-refractivity contribution in [2.24, 2.45) is 0 Å². The van der Waals surface area contributed by atoms with E-state index in [-0.39, 0.29) is 12.3 Å². The van der Waals surface area contributed by atoms with Gasteiger partial charge < -0.3 is 10.4 Å². The maximum absolute atomic E-state index is 12.1. The molecule has 0 aliphatic heterocycles. The van der Waals surface area contributed by atoms with E-state index in [0.29, 0.717) is 12.0 Å². The average Bonchev–Trinajstić information content (AvgIpc) is 2.50. The normalized spacial score (nSPS) is 11.7. The number of carboxylic acid groups (broad SMARTS) is 1. The molecule has 0 aromatic heterocycles. The fourth-order valence-corrected chi connectivity index (χ4v) is 2.64. The summed E-state index contributed by atoms with van der Waals surface area (Å²) in [5.74, 6) is -1.32. The maximum atomic E-state index is 12.1. The molecule has 2 N–H and O–H groups in total. The summed E-state index contributed by atoms with van der Waals surface area (Å²) in [6.07, 6.45) is 0.856. The molecule has 1 atom stereocenters. The van der Waals surface area contributed by atoms with Crippen LogP contribution in [0.2, 0.25) is 0 Å². The molecule has 23 heavy (non-hydrogen) atoms. The van der Waals surface area contributed by atoms with E-state index in [2.05, 4.69) is 11.4 Å². The Morgan fingerprint density at radius 3 is 2.22 bits per heavy atom. The van der Waals surface area contributed by atoms with E-state index in [1.165, 1.54) is 0 Å². The van der Waals surface area contributed by atoms with Crippen LogP contribution in [0.1, 0.15) is 34.7 Å². The van der Waals surface area contributed by atoms with Gasteiger partial charge in [-0.3, -0.25) is 4.79 Å². The quantitative estimate of drug-likeness (QED) is 0.861. The number of aliphatic carboxylic acids is 1. The van der Waals surface area contributed by atoms with Gasteiger partial charge in [-0.15, -0.1) is 0 Å². The van der Waals surface area contributed by atoms with E-state index in [4.69, 9.17) is 0 Å². The molecule has 0 spiro atoms. The number of nitrogens with one attached hydrogen (secondary N) is 1. The molecule has 0 fully saturated rings. The first-order valence-corrected chi connectivity index (χ1v) is 7.60. The van der Waals surface area contributed by atoms with Crippen molar-refractivity contribution >= 4 is 11.9 Å². The molecule has 0 heterocycles. The summed E-state index contributed by atoms with van der Waals surface area (Å²) in [6.45, 7) is 4.04. The molecule has 2 rings (SSSR count). The smallest absolute Gasteiger partial charge is 0.330 e. The van der Waals surface area contributed by atoms with Gasteiger partial charge >= 0.3 is 5.97 Å². The van der Waals surface area contributed by atoms with Gasteiger partial charge in [0.05, 0.1) is 0 Å². The number of aryl methyl sites for hydroxylation is 3. The monoisotopic (exact) mass is 311 g/mol. The predicted molar refractivity (Wildman–Crippen MR) is 89.2 cm³/mol. The van der Waals surface area contributed by atoms with Gasteiger partial charge in [-0.1, -0.05) is 59.7 Å². The van der Waals surface area contributed by atoms with Crippen molar-refractivity contribution < 1.29 is 14.7 Å². The fourth-order valence-electron chi connectivity index (χ4n) is 2.64. The third kappa shape index (κ3) is 4.95. The lowest BCUT2D eigenvalue weighted by Gasteiger charge is -2.15. The topological polar surface area (TPSA) is 66.4 Å². The van der Waals surface area contributed by atoms with Crippen molar-refractivity contribution in [1.29, 1.82) is 0 Å². The van der Waals surface area contributed by atoms with Crippen LogP contribution in [-0.2, 0) is 16.0 Å². The van der Waals surface area contributed by atoms with Crippen LogP contribution in [0.15, 0.2) is 48.5 Å². The molecule has 0 saturated heterocycles. The van der Waals surface area contributed by atoms with Crippen molar-refractivity contribution in [3.05, 3.63) is 70.8 Å². The highest BCUT2D eigenvalue weighted by Crippen LogP contribution is 2.14. The Morgan fingerprint density at radius 2 is 1.65 bits per heavy atom. The largest absolute Gasteiger partial charge is 0.479 e. The molecule has 1 amide bonds. The molecule has 0 saturated carbocycles. The van der Waals surface area contributed by atoms with Crippen molar-refractivity contribution in [2.75, 3.05) is 0 Å². The van der Waals surface area contributed by atoms with Gasteiger partial charge in [0.25, 0.3) is 0 Å². The molecule has 4 heteroatoms. The minimum Gasteiger partial charge on any atom is -0.479 e. The summed E-state index contributed by atoms with van der Waals surface area (Å²) >= 11 is 0. The molecule has 0 aliphatic carbocycles. The molecular weight excluding hydrogens is 290 g/mol. The fraction of sp³-hybridized carbons (Fsp3) is 0.263. The average molecular weight is 311 g/mol. The van der Waals surface area contributed by atoms with Crippen LogP contribution >= 0.6 is 0 Å². The Bertz CT molecular complexity index is 675. The molecule has 0 radical (unpaired) electrons. The van der Waals surface area contributed by atoms with Gasteiger partial charge in [0.1, 0.15) is 0 Å². The number of carboxylic acids is 1. The van der Waals surface area contributed by atoms with Gasteiger partial charge in [-0.25, -0.2) is 4.79 Å². The van der Waals surface area contributed by atoms with Crippen LogP contribution < -0.4 is 5.32 Å². The molecular formula is C19H21NO3. The zero-order valence-corrected chi connectivity index (χ0v) is 13.4. The van der Waals surface area contributed by atoms with E-state index >= 15 is 0 Å². The second kappa shape index (κ2) is 7.58. The summed E-state index contributed by atoms with van der Waals surface area (Å²) in [4.78, 5) is 23.5. The van der Waals surface area contributed by atoms with Gasteiger partial charge in [0.2, 0.25) is 5.91 Å². The second-order valence-electron chi connectivity index (χ2n) is 5.75. The van der Waals surface area contributed by atoms with Crippen LogP contribution in [0.25, 0.3) is 0 Å². The summed E-state index contributed by atoms with van der Waals surface area (Å²) in [5, 5.41) is 11.9. The summed E-state index contributed by atoms with van der Waals surface area (Å²) < 4.78 is 0. The van der Waals surface area contributed by atoms with E-state index in [1.807, 2.05) is 32.0 Å². The van der Waals surface area contributed by atoms with Crippen molar-refractivity contribution in [1.82, 2.24) is 5.32 Å². The van der Waals surface area contributed by atoms with Crippen LogP contribution in [0.4, 0.5) is 0 Å². The van der Waals surface area contributed by atoms with Gasteiger partial charge in [-0.2, -0.15) is 0 Å². The highest BCUT2D eigenvalue weighted by atomic mass is 16.4. The molecule has 4 nitrogen and oxygen atoms in total. The summed E-state index contributed by atoms with van der Waals surface area (Å²) in [5.41, 5.74) is 3.98. The highest BCUT2D eigenvalue weighted by Gasteiger charge is 2.21. The number of carbonyl (C=O) groups excluding carboxylic acids is 1. The third-order valence-corrected chi connectivity index (χ3v) is 3.61.